The Balaban J connectivity index is 2.33. The molecule has 0 N–H and O–H groups in total. The standard InChI is InChI=1S/C13H25N/c1-12(2,3)8-7-11-9-14(10-11)13(4,5)6/h7-8,11H,9-10H2,1-6H3/b8-7+. The number of nitrogens with zero attached hydrogens (tertiary/aromatic N) is 1. The highest BCUT2D eigenvalue weighted by Gasteiger charge is 2.32. The van der Waals surface area contributed by atoms with Crippen molar-refractivity contribution in [3.63, 3.8) is 0 Å². The van der Waals surface area contributed by atoms with Crippen LogP contribution in [0.1, 0.15) is 41.5 Å². The zero-order chi connectivity index (χ0) is 11.0. The lowest BCUT2D eigenvalue weighted by molar-refractivity contribution is 0.0341. The van der Waals surface area contributed by atoms with Crippen molar-refractivity contribution in [1.82, 2.24) is 4.90 Å². The molecule has 82 valence electrons. The van der Waals surface area contributed by atoms with Crippen LogP contribution >= 0.6 is 0 Å². The summed E-state index contributed by atoms with van der Waals surface area (Å²) in [7, 11) is 0. The minimum atomic E-state index is 0.335. The number of hydrogen-bond donors (Lipinski definition) is 0. The molecule has 0 atom stereocenters. The van der Waals surface area contributed by atoms with E-state index in [1.807, 2.05) is 0 Å². The number of rotatable bonds is 1. The molecule has 0 radical (unpaired) electrons. The molecule has 1 saturated heterocycles. The van der Waals surface area contributed by atoms with Crippen molar-refractivity contribution in [2.75, 3.05) is 13.1 Å². The van der Waals surface area contributed by atoms with E-state index in [1.54, 1.807) is 0 Å². The van der Waals surface area contributed by atoms with Crippen LogP contribution in [0.15, 0.2) is 12.2 Å². The van der Waals surface area contributed by atoms with Gasteiger partial charge in [0.25, 0.3) is 0 Å². The molecular weight excluding hydrogens is 170 g/mol. The summed E-state index contributed by atoms with van der Waals surface area (Å²) in [6.45, 7) is 16.1. The summed E-state index contributed by atoms with van der Waals surface area (Å²) >= 11 is 0. The van der Waals surface area contributed by atoms with E-state index in [9.17, 15) is 0 Å². The highest BCUT2D eigenvalue weighted by atomic mass is 15.2. The fourth-order valence-electron chi connectivity index (χ4n) is 1.61. The van der Waals surface area contributed by atoms with Crippen molar-refractivity contribution in [3.05, 3.63) is 12.2 Å². The molecule has 0 spiro atoms. The molecule has 1 heterocycles. The number of hydrogen-bond acceptors (Lipinski definition) is 1. The third kappa shape index (κ3) is 3.45. The molecule has 1 fully saturated rings. The summed E-state index contributed by atoms with van der Waals surface area (Å²) < 4.78 is 0. The monoisotopic (exact) mass is 195 g/mol. The summed E-state index contributed by atoms with van der Waals surface area (Å²) in [6.07, 6.45) is 4.74. The summed E-state index contributed by atoms with van der Waals surface area (Å²) in [4.78, 5) is 2.53. The highest BCUT2D eigenvalue weighted by Crippen LogP contribution is 2.27. The SMILES string of the molecule is CC(C)(C)/C=C/C1CN(C(C)(C)C)C1. The first-order chi connectivity index (χ1) is 6.18. The van der Waals surface area contributed by atoms with Gasteiger partial charge in [-0.2, -0.15) is 0 Å². The third-order valence-electron chi connectivity index (χ3n) is 2.73. The van der Waals surface area contributed by atoms with Crippen LogP contribution in [0.25, 0.3) is 0 Å². The molecule has 1 nitrogen and oxygen atoms in total. The molecule has 1 rings (SSSR count). The first-order valence-corrected chi connectivity index (χ1v) is 5.63. The van der Waals surface area contributed by atoms with Crippen molar-refractivity contribution in [3.8, 4) is 0 Å². The largest absolute Gasteiger partial charge is 0.297 e. The van der Waals surface area contributed by atoms with Crippen molar-refractivity contribution in [1.29, 1.82) is 0 Å². The van der Waals surface area contributed by atoms with E-state index in [4.69, 9.17) is 0 Å². The fraction of sp³-hybridized carbons (Fsp3) is 0.846. The van der Waals surface area contributed by atoms with Gasteiger partial charge in [0.2, 0.25) is 0 Å². The van der Waals surface area contributed by atoms with Gasteiger partial charge in [0.05, 0.1) is 0 Å². The maximum Gasteiger partial charge on any atom is 0.0125 e. The van der Waals surface area contributed by atoms with Gasteiger partial charge in [-0.3, -0.25) is 4.90 Å². The van der Waals surface area contributed by atoms with E-state index in [0.717, 1.165) is 5.92 Å². The molecule has 1 heteroatoms. The Morgan fingerprint density at radius 1 is 1.00 bits per heavy atom. The summed E-state index contributed by atoms with van der Waals surface area (Å²) in [5.74, 6) is 0.786. The lowest BCUT2D eigenvalue weighted by Crippen LogP contribution is -2.55. The number of likely N-dealkylation sites (tertiary alicyclic amines) is 1. The van der Waals surface area contributed by atoms with E-state index in [2.05, 4.69) is 58.6 Å². The fourth-order valence-corrected chi connectivity index (χ4v) is 1.61. The first-order valence-electron chi connectivity index (χ1n) is 5.63. The van der Waals surface area contributed by atoms with Gasteiger partial charge >= 0.3 is 0 Å². The molecule has 0 aromatic heterocycles. The van der Waals surface area contributed by atoms with Crippen LogP contribution in [0.3, 0.4) is 0 Å². The summed E-state index contributed by atoms with van der Waals surface area (Å²) in [5, 5.41) is 0. The average Bonchev–Trinajstić information content (AvgIpc) is 1.76. The van der Waals surface area contributed by atoms with Gasteiger partial charge in [0.1, 0.15) is 0 Å². The van der Waals surface area contributed by atoms with Crippen LogP contribution < -0.4 is 0 Å². The van der Waals surface area contributed by atoms with Gasteiger partial charge < -0.3 is 0 Å². The second kappa shape index (κ2) is 3.69. The van der Waals surface area contributed by atoms with Crippen molar-refractivity contribution < 1.29 is 0 Å². The van der Waals surface area contributed by atoms with Crippen LogP contribution in [-0.4, -0.2) is 23.5 Å². The summed E-state index contributed by atoms with van der Waals surface area (Å²) in [6, 6.07) is 0. The molecule has 0 aromatic rings. The van der Waals surface area contributed by atoms with Crippen LogP contribution in [0, 0.1) is 11.3 Å². The lowest BCUT2D eigenvalue weighted by atomic mass is 9.89. The first kappa shape index (κ1) is 11.8. The Labute approximate surface area is 89.2 Å². The molecule has 0 aliphatic carbocycles. The molecule has 0 bridgehead atoms. The van der Waals surface area contributed by atoms with Crippen molar-refractivity contribution in [2.24, 2.45) is 11.3 Å². The lowest BCUT2D eigenvalue weighted by Gasteiger charge is -2.47. The van der Waals surface area contributed by atoms with Crippen LogP contribution in [-0.2, 0) is 0 Å². The maximum absolute atomic E-state index is 2.53. The minimum Gasteiger partial charge on any atom is -0.297 e. The van der Waals surface area contributed by atoms with Gasteiger partial charge in [-0.05, 0) is 26.2 Å². The normalized spacial score (nSPS) is 21.6. The zero-order valence-electron chi connectivity index (χ0n) is 10.6. The molecule has 1 aliphatic heterocycles. The summed E-state index contributed by atoms with van der Waals surface area (Å²) in [5.41, 5.74) is 0.689. The average molecular weight is 195 g/mol. The molecule has 0 saturated carbocycles. The van der Waals surface area contributed by atoms with Gasteiger partial charge in [0.15, 0.2) is 0 Å². The van der Waals surface area contributed by atoms with Crippen molar-refractivity contribution in [2.45, 2.75) is 47.1 Å². The van der Waals surface area contributed by atoms with Gasteiger partial charge in [-0.15, -0.1) is 0 Å². The maximum atomic E-state index is 2.53. The topological polar surface area (TPSA) is 3.24 Å². The van der Waals surface area contributed by atoms with E-state index < -0.39 is 0 Å². The Kier molecular flexibility index (Phi) is 3.10. The van der Waals surface area contributed by atoms with E-state index in [-0.39, 0.29) is 0 Å². The molecule has 0 amide bonds. The minimum absolute atomic E-state index is 0.335. The number of allylic oxidation sites excluding steroid dienone is 1. The van der Waals surface area contributed by atoms with Gasteiger partial charge in [-0.1, -0.05) is 32.9 Å². The Morgan fingerprint density at radius 3 is 1.86 bits per heavy atom. The predicted octanol–water partition coefficient (Wildman–Crippen LogP) is 3.32. The zero-order valence-corrected chi connectivity index (χ0v) is 10.6. The van der Waals surface area contributed by atoms with Crippen molar-refractivity contribution >= 4 is 0 Å². The van der Waals surface area contributed by atoms with Crippen LogP contribution in [0.2, 0.25) is 0 Å². The van der Waals surface area contributed by atoms with Crippen LogP contribution in [0.4, 0.5) is 0 Å². The second-order valence-electron chi connectivity index (χ2n) is 6.56. The smallest absolute Gasteiger partial charge is 0.0125 e. The highest BCUT2D eigenvalue weighted by molar-refractivity contribution is 5.03. The second-order valence-corrected chi connectivity index (χ2v) is 6.56. The quantitative estimate of drug-likeness (QED) is 0.580. The molecular formula is C13H25N. The van der Waals surface area contributed by atoms with E-state index in [0.29, 0.717) is 11.0 Å². The van der Waals surface area contributed by atoms with Gasteiger partial charge in [-0.25, -0.2) is 0 Å². The molecule has 0 aromatic carbocycles. The van der Waals surface area contributed by atoms with Gasteiger partial charge in [0, 0.05) is 24.5 Å². The Morgan fingerprint density at radius 2 is 1.50 bits per heavy atom. The van der Waals surface area contributed by atoms with E-state index in [1.165, 1.54) is 13.1 Å². The molecule has 14 heavy (non-hydrogen) atoms. The Hall–Kier alpha value is -0.300. The van der Waals surface area contributed by atoms with Crippen LogP contribution in [0.5, 0.6) is 0 Å². The van der Waals surface area contributed by atoms with E-state index >= 15 is 0 Å². The molecule has 1 aliphatic rings. The Bertz CT molecular complexity index is 208. The molecule has 0 unspecified atom stereocenters. The predicted molar refractivity (Wildman–Crippen MR) is 63.4 cm³/mol. The third-order valence-corrected chi connectivity index (χ3v) is 2.73.